The Hall–Kier alpha value is -3.35. The van der Waals surface area contributed by atoms with Crippen molar-refractivity contribution in [2.75, 3.05) is 18.5 Å². The molecule has 0 unspecified atom stereocenters. The molecule has 0 fully saturated rings. The van der Waals surface area contributed by atoms with Crippen molar-refractivity contribution >= 4 is 23.5 Å². The zero-order chi connectivity index (χ0) is 20.4. The molecule has 2 rings (SSSR count). The zero-order valence-corrected chi connectivity index (χ0v) is 15.7. The predicted octanol–water partition coefficient (Wildman–Crippen LogP) is 2.86. The van der Waals surface area contributed by atoms with E-state index in [2.05, 4.69) is 10.6 Å². The fraction of sp³-hybridized carbons (Fsp3) is 0.286. The lowest BCUT2D eigenvalue weighted by Gasteiger charge is -2.11. The zero-order valence-electron chi connectivity index (χ0n) is 15.7. The van der Waals surface area contributed by atoms with Gasteiger partial charge < -0.3 is 20.5 Å². The van der Waals surface area contributed by atoms with E-state index in [4.69, 9.17) is 9.84 Å². The number of hydrogen-bond acceptors (Lipinski definition) is 4. The summed E-state index contributed by atoms with van der Waals surface area (Å²) in [5.41, 5.74) is 1.49. The van der Waals surface area contributed by atoms with E-state index in [1.807, 2.05) is 6.92 Å². The van der Waals surface area contributed by atoms with Crippen molar-refractivity contribution in [3.05, 3.63) is 59.7 Å². The molecule has 148 valence electrons. The van der Waals surface area contributed by atoms with E-state index in [-0.39, 0.29) is 24.7 Å². The van der Waals surface area contributed by atoms with Gasteiger partial charge in [0.05, 0.1) is 18.6 Å². The van der Waals surface area contributed by atoms with Gasteiger partial charge >= 0.3 is 5.97 Å². The number of para-hydroxylation sites is 2. The van der Waals surface area contributed by atoms with Crippen LogP contribution in [0.1, 0.15) is 35.7 Å². The first-order valence-electron chi connectivity index (χ1n) is 9.10. The first-order chi connectivity index (χ1) is 13.5. The van der Waals surface area contributed by atoms with Gasteiger partial charge in [-0.1, -0.05) is 30.3 Å². The van der Waals surface area contributed by atoms with E-state index < -0.39 is 5.97 Å². The van der Waals surface area contributed by atoms with E-state index >= 15 is 0 Å². The Balaban J connectivity index is 1.80. The van der Waals surface area contributed by atoms with Gasteiger partial charge in [-0.15, -0.1) is 0 Å². The Morgan fingerprint density at radius 2 is 1.75 bits per heavy atom. The van der Waals surface area contributed by atoms with Gasteiger partial charge in [0.15, 0.2) is 0 Å². The van der Waals surface area contributed by atoms with Crippen molar-refractivity contribution in [2.24, 2.45) is 0 Å². The predicted molar refractivity (Wildman–Crippen MR) is 106 cm³/mol. The molecule has 7 nitrogen and oxygen atoms in total. The number of aliphatic carboxylic acids is 1. The minimum Gasteiger partial charge on any atom is -0.493 e. The molecule has 0 aromatic heterocycles. The van der Waals surface area contributed by atoms with Gasteiger partial charge in [0, 0.05) is 18.7 Å². The number of hydrogen-bond donors (Lipinski definition) is 3. The van der Waals surface area contributed by atoms with Crippen LogP contribution in [0.3, 0.4) is 0 Å². The van der Waals surface area contributed by atoms with Gasteiger partial charge in [0.2, 0.25) is 5.91 Å². The molecule has 0 spiro atoms. The molecule has 2 aromatic rings. The summed E-state index contributed by atoms with van der Waals surface area (Å²) in [6.07, 6.45) is 0.496. The van der Waals surface area contributed by atoms with Crippen LogP contribution in [0.25, 0.3) is 0 Å². The number of benzene rings is 2. The average molecular weight is 384 g/mol. The van der Waals surface area contributed by atoms with Crippen molar-refractivity contribution in [1.29, 1.82) is 0 Å². The smallest absolute Gasteiger partial charge is 0.307 e. The molecule has 7 heteroatoms. The van der Waals surface area contributed by atoms with Crippen molar-refractivity contribution in [2.45, 2.75) is 26.2 Å². The molecule has 0 heterocycles. The first kappa shape index (κ1) is 21.0. The topological polar surface area (TPSA) is 105 Å². The SMILES string of the molecule is CCOc1ccccc1C(=O)NCCCC(=O)Nc1ccccc1CC(=O)O. The number of ether oxygens (including phenoxy) is 1. The average Bonchev–Trinajstić information content (AvgIpc) is 2.67. The highest BCUT2D eigenvalue weighted by Gasteiger charge is 2.12. The summed E-state index contributed by atoms with van der Waals surface area (Å²) in [5, 5.41) is 14.4. The maximum atomic E-state index is 12.3. The summed E-state index contributed by atoms with van der Waals surface area (Å²) < 4.78 is 5.44. The van der Waals surface area contributed by atoms with Gasteiger partial charge in [-0.25, -0.2) is 0 Å². The molecule has 28 heavy (non-hydrogen) atoms. The summed E-state index contributed by atoms with van der Waals surface area (Å²) in [6, 6.07) is 13.8. The fourth-order valence-electron chi connectivity index (χ4n) is 2.65. The van der Waals surface area contributed by atoms with Gasteiger partial charge in [-0.3, -0.25) is 14.4 Å². The van der Waals surface area contributed by atoms with Gasteiger partial charge in [-0.2, -0.15) is 0 Å². The molecule has 0 bridgehead atoms. The molecule has 0 aliphatic carbocycles. The second-order valence-electron chi connectivity index (χ2n) is 6.06. The summed E-state index contributed by atoms with van der Waals surface area (Å²) in [7, 11) is 0. The summed E-state index contributed by atoms with van der Waals surface area (Å²) >= 11 is 0. The van der Waals surface area contributed by atoms with Crippen molar-refractivity contribution in [3.63, 3.8) is 0 Å². The molecule has 0 aliphatic heterocycles. The molecule has 0 aliphatic rings. The number of carbonyl (C=O) groups excluding carboxylic acids is 2. The van der Waals surface area contributed by atoms with E-state index in [0.29, 0.717) is 42.1 Å². The van der Waals surface area contributed by atoms with Crippen molar-refractivity contribution < 1.29 is 24.2 Å². The molecule has 0 saturated heterocycles. The van der Waals surface area contributed by atoms with Crippen molar-refractivity contribution in [3.8, 4) is 5.75 Å². The van der Waals surface area contributed by atoms with Crippen LogP contribution in [0.4, 0.5) is 5.69 Å². The highest BCUT2D eigenvalue weighted by Crippen LogP contribution is 2.18. The lowest BCUT2D eigenvalue weighted by molar-refractivity contribution is -0.136. The number of carboxylic acids is 1. The normalized spacial score (nSPS) is 10.2. The van der Waals surface area contributed by atoms with Crippen LogP contribution in [-0.4, -0.2) is 36.0 Å². The van der Waals surface area contributed by atoms with Crippen LogP contribution in [0.5, 0.6) is 5.75 Å². The lowest BCUT2D eigenvalue weighted by atomic mass is 10.1. The summed E-state index contributed by atoms with van der Waals surface area (Å²) in [6.45, 7) is 2.65. The standard InChI is InChI=1S/C21H24N2O5/c1-2-28-18-11-6-4-9-16(18)21(27)22-13-7-12-19(24)23-17-10-5-3-8-15(17)14-20(25)26/h3-6,8-11H,2,7,12-14H2,1H3,(H,22,27)(H,23,24)(H,25,26). The minimum absolute atomic E-state index is 0.161. The van der Waals surface area contributed by atoms with Gasteiger partial charge in [-0.05, 0) is 37.1 Å². The van der Waals surface area contributed by atoms with Crippen LogP contribution in [0.2, 0.25) is 0 Å². The molecule has 2 aromatic carbocycles. The molecule has 0 atom stereocenters. The van der Waals surface area contributed by atoms with Crippen LogP contribution in [0.15, 0.2) is 48.5 Å². The van der Waals surface area contributed by atoms with Crippen molar-refractivity contribution in [1.82, 2.24) is 5.32 Å². The Kier molecular flexibility index (Phi) is 8.02. The number of carboxylic acid groups (broad SMARTS) is 1. The summed E-state index contributed by atoms with van der Waals surface area (Å²) in [5.74, 6) is -0.926. The third-order valence-electron chi connectivity index (χ3n) is 3.93. The van der Waals surface area contributed by atoms with Crippen LogP contribution in [-0.2, 0) is 16.0 Å². The minimum atomic E-state index is -0.961. The molecule has 0 radical (unpaired) electrons. The Labute approximate surface area is 163 Å². The van der Waals surface area contributed by atoms with E-state index in [0.717, 1.165) is 0 Å². The maximum absolute atomic E-state index is 12.3. The number of anilines is 1. The Bertz CT molecular complexity index is 835. The fourth-order valence-corrected chi connectivity index (χ4v) is 2.65. The van der Waals surface area contributed by atoms with E-state index in [1.165, 1.54) is 0 Å². The second kappa shape index (κ2) is 10.7. The number of carbonyl (C=O) groups is 3. The third-order valence-corrected chi connectivity index (χ3v) is 3.93. The van der Waals surface area contributed by atoms with Gasteiger partial charge in [0.1, 0.15) is 5.75 Å². The second-order valence-corrected chi connectivity index (χ2v) is 6.06. The molecule has 2 amide bonds. The monoisotopic (exact) mass is 384 g/mol. The van der Waals surface area contributed by atoms with E-state index in [1.54, 1.807) is 48.5 Å². The third kappa shape index (κ3) is 6.42. The summed E-state index contributed by atoms with van der Waals surface area (Å²) in [4.78, 5) is 35.3. The molecular formula is C21H24N2O5. The Morgan fingerprint density at radius 1 is 1.04 bits per heavy atom. The first-order valence-corrected chi connectivity index (χ1v) is 9.10. The highest BCUT2D eigenvalue weighted by molar-refractivity contribution is 5.97. The number of amides is 2. The van der Waals surface area contributed by atoms with Crippen LogP contribution >= 0.6 is 0 Å². The number of rotatable bonds is 10. The van der Waals surface area contributed by atoms with Crippen LogP contribution in [0, 0.1) is 0 Å². The quantitative estimate of drug-likeness (QED) is 0.547. The molecule has 3 N–H and O–H groups in total. The molecule has 0 saturated carbocycles. The Morgan fingerprint density at radius 3 is 2.50 bits per heavy atom. The van der Waals surface area contributed by atoms with E-state index in [9.17, 15) is 14.4 Å². The van der Waals surface area contributed by atoms with Crippen LogP contribution < -0.4 is 15.4 Å². The lowest BCUT2D eigenvalue weighted by Crippen LogP contribution is -2.26. The highest BCUT2D eigenvalue weighted by atomic mass is 16.5. The largest absolute Gasteiger partial charge is 0.493 e. The maximum Gasteiger partial charge on any atom is 0.307 e. The molecular weight excluding hydrogens is 360 g/mol. The number of nitrogens with one attached hydrogen (secondary N) is 2. The van der Waals surface area contributed by atoms with Gasteiger partial charge in [0.25, 0.3) is 5.91 Å².